The molecule has 1 aliphatic rings. The average molecular weight is 277 g/mol. The van der Waals surface area contributed by atoms with Crippen molar-refractivity contribution in [2.75, 3.05) is 26.3 Å². The molecule has 0 atom stereocenters. The number of rotatable bonds is 3. The summed E-state index contributed by atoms with van der Waals surface area (Å²) < 4.78 is 31.2. The lowest BCUT2D eigenvalue weighted by Gasteiger charge is -2.18. The first-order valence-corrected chi connectivity index (χ1v) is 7.73. The Kier molecular flexibility index (Phi) is 4.16. The Balaban J connectivity index is 2.22. The van der Waals surface area contributed by atoms with Gasteiger partial charge in [-0.2, -0.15) is 4.31 Å². The van der Waals surface area contributed by atoms with Crippen molar-refractivity contribution in [3.05, 3.63) is 16.3 Å². The molecule has 0 amide bonds. The summed E-state index contributed by atoms with van der Waals surface area (Å²) in [6.45, 7) is 1.82. The molecule has 1 aromatic rings. The van der Waals surface area contributed by atoms with Crippen LogP contribution in [0.15, 0.2) is 16.3 Å². The fourth-order valence-electron chi connectivity index (χ4n) is 1.69. The van der Waals surface area contributed by atoms with Crippen molar-refractivity contribution >= 4 is 21.4 Å². The molecule has 96 valence electrons. The van der Waals surface area contributed by atoms with Crippen molar-refractivity contribution < 1.29 is 18.3 Å². The summed E-state index contributed by atoms with van der Waals surface area (Å²) in [7, 11) is -3.42. The van der Waals surface area contributed by atoms with Gasteiger partial charge in [-0.1, -0.05) is 0 Å². The molecule has 1 saturated heterocycles. The largest absolute Gasteiger partial charge is 0.391 e. The SMILES string of the molecule is O=S(=O)(c1csc(CO)c1)N1CCCOCC1. The van der Waals surface area contributed by atoms with Gasteiger partial charge in [-0.15, -0.1) is 11.3 Å². The highest BCUT2D eigenvalue weighted by Gasteiger charge is 2.26. The van der Waals surface area contributed by atoms with Crippen LogP contribution in [0.25, 0.3) is 0 Å². The lowest BCUT2D eigenvalue weighted by Crippen LogP contribution is -2.33. The van der Waals surface area contributed by atoms with E-state index < -0.39 is 10.0 Å². The molecule has 0 aliphatic carbocycles. The number of sulfonamides is 1. The lowest BCUT2D eigenvalue weighted by atomic mass is 10.5. The van der Waals surface area contributed by atoms with Gasteiger partial charge < -0.3 is 9.84 Å². The molecule has 17 heavy (non-hydrogen) atoms. The van der Waals surface area contributed by atoms with Gasteiger partial charge in [0.1, 0.15) is 0 Å². The lowest BCUT2D eigenvalue weighted by molar-refractivity contribution is 0.148. The molecule has 1 N–H and O–H groups in total. The van der Waals surface area contributed by atoms with E-state index in [1.54, 1.807) is 5.38 Å². The van der Waals surface area contributed by atoms with E-state index in [4.69, 9.17) is 9.84 Å². The van der Waals surface area contributed by atoms with Crippen molar-refractivity contribution in [2.24, 2.45) is 0 Å². The summed E-state index contributed by atoms with van der Waals surface area (Å²) in [5.74, 6) is 0. The fourth-order valence-corrected chi connectivity index (χ4v) is 4.28. The van der Waals surface area contributed by atoms with Gasteiger partial charge in [-0.3, -0.25) is 0 Å². The van der Waals surface area contributed by atoms with E-state index in [0.29, 0.717) is 31.2 Å². The van der Waals surface area contributed by atoms with E-state index >= 15 is 0 Å². The average Bonchev–Trinajstić information content (AvgIpc) is 2.64. The molecule has 1 aromatic heterocycles. The van der Waals surface area contributed by atoms with Gasteiger partial charge in [-0.25, -0.2) is 8.42 Å². The zero-order valence-corrected chi connectivity index (χ0v) is 11.0. The third-order valence-electron chi connectivity index (χ3n) is 2.60. The molecular weight excluding hydrogens is 262 g/mol. The van der Waals surface area contributed by atoms with Crippen molar-refractivity contribution in [1.82, 2.24) is 4.31 Å². The molecule has 2 rings (SSSR count). The molecule has 5 nitrogen and oxygen atoms in total. The first-order valence-electron chi connectivity index (χ1n) is 5.41. The van der Waals surface area contributed by atoms with E-state index in [1.165, 1.54) is 21.7 Å². The van der Waals surface area contributed by atoms with E-state index in [0.717, 1.165) is 6.42 Å². The van der Waals surface area contributed by atoms with Crippen LogP contribution in [-0.2, 0) is 21.4 Å². The van der Waals surface area contributed by atoms with Crippen molar-refractivity contribution in [3.63, 3.8) is 0 Å². The van der Waals surface area contributed by atoms with Gasteiger partial charge in [-0.05, 0) is 12.5 Å². The minimum atomic E-state index is -3.42. The second-order valence-electron chi connectivity index (χ2n) is 3.78. The van der Waals surface area contributed by atoms with Gasteiger partial charge in [0.05, 0.1) is 18.1 Å². The van der Waals surface area contributed by atoms with Crippen LogP contribution in [0.5, 0.6) is 0 Å². The number of aliphatic hydroxyl groups is 1. The normalized spacial score (nSPS) is 19.1. The molecule has 0 unspecified atom stereocenters. The Bertz CT molecular complexity index is 460. The zero-order chi connectivity index (χ0) is 12.3. The summed E-state index contributed by atoms with van der Waals surface area (Å²) in [6.07, 6.45) is 0.718. The van der Waals surface area contributed by atoms with E-state index in [1.807, 2.05) is 0 Å². The molecule has 2 heterocycles. The molecule has 0 bridgehead atoms. The van der Waals surface area contributed by atoms with Gasteiger partial charge in [0.15, 0.2) is 0 Å². The van der Waals surface area contributed by atoms with Crippen LogP contribution >= 0.6 is 11.3 Å². The van der Waals surface area contributed by atoms with Gasteiger partial charge in [0, 0.05) is 30.0 Å². The molecular formula is C10H15NO4S2. The Labute approximate surface area is 105 Å². The minimum absolute atomic E-state index is 0.122. The Morgan fingerprint density at radius 1 is 1.41 bits per heavy atom. The highest BCUT2D eigenvalue weighted by Crippen LogP contribution is 2.23. The monoisotopic (exact) mass is 277 g/mol. The second-order valence-corrected chi connectivity index (χ2v) is 6.71. The summed E-state index contributed by atoms with van der Waals surface area (Å²) in [5, 5.41) is 10.5. The number of ether oxygens (including phenoxy) is 1. The van der Waals surface area contributed by atoms with Gasteiger partial charge >= 0.3 is 0 Å². The zero-order valence-electron chi connectivity index (χ0n) is 9.33. The smallest absolute Gasteiger partial charge is 0.243 e. The first-order chi connectivity index (χ1) is 8.14. The molecule has 7 heteroatoms. The highest BCUT2D eigenvalue weighted by atomic mass is 32.2. The number of aliphatic hydroxyl groups excluding tert-OH is 1. The fraction of sp³-hybridized carbons (Fsp3) is 0.600. The number of hydrogen-bond donors (Lipinski definition) is 1. The van der Waals surface area contributed by atoms with E-state index in [9.17, 15) is 8.42 Å². The van der Waals surface area contributed by atoms with Crippen molar-refractivity contribution in [3.8, 4) is 0 Å². The highest BCUT2D eigenvalue weighted by molar-refractivity contribution is 7.89. The molecule has 0 saturated carbocycles. The molecule has 0 radical (unpaired) electrons. The predicted molar refractivity (Wildman–Crippen MR) is 64.4 cm³/mol. The third-order valence-corrected chi connectivity index (χ3v) is 5.55. The van der Waals surface area contributed by atoms with Crippen LogP contribution in [0, 0.1) is 0 Å². The summed E-state index contributed by atoms with van der Waals surface area (Å²) in [5.41, 5.74) is 0. The number of hydrogen-bond acceptors (Lipinski definition) is 5. The van der Waals surface area contributed by atoms with Crippen LogP contribution in [0.3, 0.4) is 0 Å². The molecule has 0 spiro atoms. The maximum absolute atomic E-state index is 12.3. The van der Waals surface area contributed by atoms with Crippen molar-refractivity contribution in [2.45, 2.75) is 17.9 Å². The predicted octanol–water partition coefficient (Wildman–Crippen LogP) is 0.651. The first kappa shape index (κ1) is 13.0. The number of thiophene rings is 1. The molecule has 1 fully saturated rings. The van der Waals surface area contributed by atoms with Crippen LogP contribution in [0.1, 0.15) is 11.3 Å². The van der Waals surface area contributed by atoms with Crippen LogP contribution < -0.4 is 0 Å². The quantitative estimate of drug-likeness (QED) is 0.881. The minimum Gasteiger partial charge on any atom is -0.391 e. The molecule has 0 aromatic carbocycles. The summed E-state index contributed by atoms with van der Waals surface area (Å²) in [6, 6.07) is 1.53. The maximum Gasteiger partial charge on any atom is 0.243 e. The Morgan fingerprint density at radius 3 is 2.94 bits per heavy atom. The summed E-state index contributed by atoms with van der Waals surface area (Å²) in [4.78, 5) is 0.933. The Hall–Kier alpha value is -0.470. The van der Waals surface area contributed by atoms with Crippen LogP contribution in [-0.4, -0.2) is 44.1 Å². The standard InChI is InChI=1S/C10H15NO4S2/c12-7-9-6-10(8-16-9)17(13,14)11-2-1-4-15-5-3-11/h6,8,12H,1-5,7H2. The van der Waals surface area contributed by atoms with E-state index in [-0.39, 0.29) is 11.5 Å². The second kappa shape index (κ2) is 5.45. The third kappa shape index (κ3) is 2.86. The maximum atomic E-state index is 12.3. The van der Waals surface area contributed by atoms with Gasteiger partial charge in [0.25, 0.3) is 0 Å². The van der Waals surface area contributed by atoms with Gasteiger partial charge in [0.2, 0.25) is 10.0 Å². The van der Waals surface area contributed by atoms with Crippen molar-refractivity contribution in [1.29, 1.82) is 0 Å². The van der Waals surface area contributed by atoms with E-state index in [2.05, 4.69) is 0 Å². The topological polar surface area (TPSA) is 66.8 Å². The molecule has 1 aliphatic heterocycles. The van der Waals surface area contributed by atoms with Crippen LogP contribution in [0.2, 0.25) is 0 Å². The summed E-state index contributed by atoms with van der Waals surface area (Å²) >= 11 is 1.26. The van der Waals surface area contributed by atoms with Crippen LogP contribution in [0.4, 0.5) is 0 Å². The Morgan fingerprint density at radius 2 is 2.24 bits per heavy atom. The number of nitrogens with zero attached hydrogens (tertiary/aromatic N) is 1.